The number of rotatable bonds is 9. The zero-order valence-electron chi connectivity index (χ0n) is 37.4. The van der Waals surface area contributed by atoms with Crippen LogP contribution in [0.5, 0.6) is 0 Å². The van der Waals surface area contributed by atoms with E-state index in [1.165, 1.54) is 51.7 Å². The van der Waals surface area contributed by atoms with Gasteiger partial charge in [-0.05, 0) is 74.3 Å². The van der Waals surface area contributed by atoms with E-state index in [4.69, 9.17) is 15.0 Å². The third kappa shape index (κ3) is 6.91. The van der Waals surface area contributed by atoms with Crippen molar-refractivity contribution < 1.29 is 0 Å². The molecular weight excluding hydrogens is 873 g/mol. The molecule has 4 nitrogen and oxygen atoms in total. The average molecular weight is 915 g/mol. The van der Waals surface area contributed by atoms with E-state index in [9.17, 15) is 0 Å². The van der Waals surface area contributed by atoms with Gasteiger partial charge in [0.15, 0.2) is 25.5 Å². The summed E-state index contributed by atoms with van der Waals surface area (Å²) in [6.07, 6.45) is 0. The quantitative estimate of drug-likeness (QED) is 0.107. The normalized spacial score (nSPS) is 11.8. The first-order valence-electron chi connectivity index (χ1n) is 23.3. The molecule has 324 valence electrons. The van der Waals surface area contributed by atoms with Gasteiger partial charge >= 0.3 is 0 Å². The van der Waals surface area contributed by atoms with Crippen molar-refractivity contribution in [1.29, 1.82) is 0 Å². The minimum Gasteiger partial charge on any atom is -0.309 e. The summed E-state index contributed by atoms with van der Waals surface area (Å²) in [5.74, 6) is 1.84. The summed E-state index contributed by atoms with van der Waals surface area (Å²) >= 11 is 1.83. The van der Waals surface area contributed by atoms with Gasteiger partial charge in [0.05, 0.1) is 11.0 Å². The summed E-state index contributed by atoms with van der Waals surface area (Å²) in [5, 5.41) is 10.1. The van der Waals surface area contributed by atoms with Crippen LogP contribution < -0.4 is 20.7 Å². The second-order valence-corrected chi connectivity index (χ2v) is 22.4. The Kier molecular flexibility index (Phi) is 10.00. The van der Waals surface area contributed by atoms with Crippen molar-refractivity contribution in [3.8, 4) is 51.0 Å². The lowest BCUT2D eigenvalue weighted by molar-refractivity contribution is 1.07. The van der Waals surface area contributed by atoms with Gasteiger partial charge in [-0.25, -0.2) is 15.0 Å². The maximum Gasteiger partial charge on any atom is 0.179 e. The second-order valence-electron chi connectivity index (χ2n) is 17.5. The van der Waals surface area contributed by atoms with Gasteiger partial charge in [-0.2, -0.15) is 0 Å². The molecule has 0 bridgehead atoms. The van der Waals surface area contributed by atoms with Crippen LogP contribution in [0.1, 0.15) is 0 Å². The zero-order chi connectivity index (χ0) is 45.7. The Morgan fingerprint density at radius 3 is 1.42 bits per heavy atom. The fraction of sp³-hybridized carbons (Fsp3) is 0. The van der Waals surface area contributed by atoms with E-state index in [0.29, 0.717) is 17.5 Å². The Labute approximate surface area is 405 Å². The molecule has 6 heteroatoms. The zero-order valence-corrected chi connectivity index (χ0v) is 39.3. The number of thiophene rings is 1. The van der Waals surface area contributed by atoms with Gasteiger partial charge in [0.1, 0.15) is 0 Å². The van der Waals surface area contributed by atoms with E-state index >= 15 is 0 Å². The van der Waals surface area contributed by atoms with Crippen molar-refractivity contribution >= 4 is 82.1 Å². The number of benzene rings is 10. The van der Waals surface area contributed by atoms with Crippen LogP contribution in [-0.2, 0) is 0 Å². The predicted octanol–water partition coefficient (Wildman–Crippen LogP) is 13.4. The topological polar surface area (TPSA) is 43.6 Å². The van der Waals surface area contributed by atoms with Gasteiger partial charge in [-0.3, -0.25) is 0 Å². The van der Waals surface area contributed by atoms with Gasteiger partial charge in [-0.15, -0.1) is 11.3 Å². The number of hydrogen-bond acceptors (Lipinski definition) is 4. The Hall–Kier alpha value is -8.55. The molecule has 13 aromatic rings. The van der Waals surface area contributed by atoms with Gasteiger partial charge in [0, 0.05) is 53.3 Å². The highest BCUT2D eigenvalue weighted by atomic mass is 32.1. The maximum atomic E-state index is 5.47. The first-order chi connectivity index (χ1) is 34.2. The van der Waals surface area contributed by atoms with Crippen LogP contribution in [0.15, 0.2) is 255 Å². The molecule has 13 rings (SSSR count). The molecule has 3 aromatic heterocycles. The molecule has 0 radical (unpaired) electrons. The van der Waals surface area contributed by atoms with Crippen LogP contribution in [0.2, 0.25) is 0 Å². The Balaban J connectivity index is 1.04. The van der Waals surface area contributed by atoms with Crippen molar-refractivity contribution in [2.45, 2.75) is 0 Å². The van der Waals surface area contributed by atoms with E-state index in [2.05, 4.69) is 259 Å². The molecule has 0 amide bonds. The summed E-state index contributed by atoms with van der Waals surface area (Å²) in [4.78, 5) is 16.3. The number of hydrogen-bond donors (Lipinski definition) is 0. The highest BCUT2D eigenvalue weighted by molar-refractivity contribution is 7.25. The molecule has 0 fully saturated rings. The number of para-hydroxylation sites is 2. The van der Waals surface area contributed by atoms with E-state index < -0.39 is 8.07 Å². The molecule has 0 aliphatic carbocycles. The molecule has 0 atom stereocenters. The SMILES string of the molecule is c1ccc([Si](c2ccccc2)(c2ccccc2)c2cccc(-c3nc(-c4cccc(-n5c6ccccc6c6ccccc65)c4)nc(-c4ccccc4-c4ccc5sc6ccccc6c5c4)n3)c2)cc1. The van der Waals surface area contributed by atoms with Gasteiger partial charge in [0.25, 0.3) is 0 Å². The lowest BCUT2D eigenvalue weighted by atomic mass is 9.97. The van der Waals surface area contributed by atoms with Crippen LogP contribution in [-0.4, -0.2) is 27.6 Å². The fourth-order valence-electron chi connectivity index (χ4n) is 10.5. The van der Waals surface area contributed by atoms with Crippen molar-refractivity contribution in [3.63, 3.8) is 0 Å². The average Bonchev–Trinajstić information content (AvgIpc) is 3.98. The highest BCUT2D eigenvalue weighted by Gasteiger charge is 2.41. The Morgan fingerprint density at radius 2 is 0.783 bits per heavy atom. The predicted molar refractivity (Wildman–Crippen MR) is 292 cm³/mol. The largest absolute Gasteiger partial charge is 0.309 e. The molecule has 0 aliphatic rings. The first kappa shape index (κ1) is 40.7. The second kappa shape index (κ2) is 17.0. The molecule has 0 saturated heterocycles. The standard InChI is InChI=1S/C63H42N4SSi/c1-4-23-47(24-5-1)69(48-25-6-2-7-26-48,49-27-8-3-9-28-49)50-29-19-21-45(41-50)62-64-61(44-20-18-22-46(40-44)67-57-35-15-12-31-52(57)53-32-13-16-36-58(53)67)65-63(66-62)55-34-11-10-30-51(55)43-38-39-60-56(42-43)54-33-14-17-37-59(54)68-60/h1-42H. The van der Waals surface area contributed by atoms with Crippen molar-refractivity contribution in [3.05, 3.63) is 255 Å². The molecule has 0 N–H and O–H groups in total. The van der Waals surface area contributed by atoms with Gasteiger partial charge in [-0.1, -0.05) is 212 Å². The van der Waals surface area contributed by atoms with Crippen LogP contribution in [0.25, 0.3) is 93.0 Å². The van der Waals surface area contributed by atoms with Crippen LogP contribution >= 0.6 is 11.3 Å². The molecule has 0 saturated carbocycles. The van der Waals surface area contributed by atoms with E-state index in [1.807, 2.05) is 11.3 Å². The molecule has 0 unspecified atom stereocenters. The Morgan fingerprint density at radius 1 is 0.304 bits per heavy atom. The first-order valence-corrected chi connectivity index (χ1v) is 26.2. The monoisotopic (exact) mass is 914 g/mol. The summed E-state index contributed by atoms with van der Waals surface area (Å²) in [5.41, 5.74) is 8.29. The van der Waals surface area contributed by atoms with Crippen molar-refractivity contribution in [1.82, 2.24) is 19.5 Å². The summed E-state index contributed by atoms with van der Waals surface area (Å²) in [6.45, 7) is 0. The van der Waals surface area contributed by atoms with Gasteiger partial charge in [0.2, 0.25) is 0 Å². The fourth-order valence-corrected chi connectivity index (χ4v) is 16.4. The molecular formula is C63H42N4SSi. The van der Waals surface area contributed by atoms with Gasteiger partial charge < -0.3 is 4.57 Å². The number of nitrogens with zero attached hydrogens (tertiary/aromatic N) is 4. The number of aromatic nitrogens is 4. The Bertz CT molecular complexity index is 3880. The molecule has 69 heavy (non-hydrogen) atoms. The lowest BCUT2D eigenvalue weighted by Crippen LogP contribution is -2.74. The smallest absolute Gasteiger partial charge is 0.179 e. The molecule has 0 spiro atoms. The van der Waals surface area contributed by atoms with E-state index in [0.717, 1.165) is 44.5 Å². The molecule has 10 aromatic carbocycles. The minimum absolute atomic E-state index is 0.606. The third-order valence-electron chi connectivity index (χ3n) is 13.6. The van der Waals surface area contributed by atoms with Crippen LogP contribution in [0, 0.1) is 0 Å². The summed E-state index contributed by atoms with van der Waals surface area (Å²) in [6, 6.07) is 92.1. The lowest BCUT2D eigenvalue weighted by Gasteiger charge is -2.34. The molecule has 0 aliphatic heterocycles. The summed E-state index contributed by atoms with van der Waals surface area (Å²) < 4.78 is 4.90. The third-order valence-corrected chi connectivity index (χ3v) is 19.5. The minimum atomic E-state index is -2.87. The van der Waals surface area contributed by atoms with Crippen LogP contribution in [0.3, 0.4) is 0 Å². The number of fused-ring (bicyclic) bond motifs is 6. The highest BCUT2D eigenvalue weighted by Crippen LogP contribution is 2.39. The van der Waals surface area contributed by atoms with E-state index in [1.54, 1.807) is 0 Å². The maximum absolute atomic E-state index is 5.47. The van der Waals surface area contributed by atoms with E-state index in [-0.39, 0.29) is 0 Å². The summed E-state index contributed by atoms with van der Waals surface area (Å²) in [7, 11) is -2.87. The molecule has 3 heterocycles. The van der Waals surface area contributed by atoms with Crippen LogP contribution in [0.4, 0.5) is 0 Å². The van der Waals surface area contributed by atoms with Crippen molar-refractivity contribution in [2.24, 2.45) is 0 Å². The van der Waals surface area contributed by atoms with Crippen molar-refractivity contribution in [2.75, 3.05) is 0 Å².